The predicted octanol–water partition coefficient (Wildman–Crippen LogP) is 2.93. The molecule has 1 aromatic carbocycles. The number of halogens is 1. The summed E-state index contributed by atoms with van der Waals surface area (Å²) in [5.74, 6) is 0. The van der Waals surface area contributed by atoms with Gasteiger partial charge in [0.1, 0.15) is 0 Å². The minimum atomic E-state index is 0. The second kappa shape index (κ2) is 5.33. The average molecular weight is 190 g/mol. The molecule has 0 heterocycles. The molecule has 0 amide bonds. The molecule has 1 nitrogen and oxygen atoms in total. The molecule has 1 aromatic rings. The maximum atomic E-state index is 3.95. The lowest BCUT2D eigenvalue weighted by atomic mass is 10.1. The molecular formula is C8H12ClNS. The maximum absolute atomic E-state index is 3.95. The van der Waals surface area contributed by atoms with E-state index in [9.17, 15) is 0 Å². The third kappa shape index (κ3) is 3.04. The quantitative estimate of drug-likeness (QED) is 0.682. The van der Waals surface area contributed by atoms with Crippen molar-refractivity contribution in [3.05, 3.63) is 29.8 Å². The van der Waals surface area contributed by atoms with E-state index >= 15 is 0 Å². The van der Waals surface area contributed by atoms with Gasteiger partial charge in [0.15, 0.2) is 0 Å². The fourth-order valence-electron chi connectivity index (χ4n) is 0.861. The molecule has 0 fully saturated rings. The molecule has 11 heavy (non-hydrogen) atoms. The van der Waals surface area contributed by atoms with Gasteiger partial charge in [-0.15, -0.1) is 12.4 Å². The lowest BCUT2D eigenvalue weighted by Gasteiger charge is -1.99. The molecule has 3 heteroatoms. The van der Waals surface area contributed by atoms with Crippen LogP contribution in [-0.4, -0.2) is 0 Å². The van der Waals surface area contributed by atoms with Crippen LogP contribution < -0.4 is 4.72 Å². The highest BCUT2D eigenvalue weighted by atomic mass is 35.5. The van der Waals surface area contributed by atoms with Crippen molar-refractivity contribution >= 4 is 30.9 Å². The Morgan fingerprint density at radius 3 is 2.73 bits per heavy atom. The first-order valence-corrected chi connectivity index (χ1v) is 3.80. The van der Waals surface area contributed by atoms with E-state index in [4.69, 9.17) is 0 Å². The SMILES string of the molecule is CCc1cccc(NS)c1.Cl. The van der Waals surface area contributed by atoms with Gasteiger partial charge in [0.05, 0.1) is 0 Å². The van der Waals surface area contributed by atoms with Crippen molar-refractivity contribution in [1.82, 2.24) is 0 Å². The zero-order valence-electron chi connectivity index (χ0n) is 6.37. The molecule has 0 bridgehead atoms. The molecule has 1 N–H and O–H groups in total. The van der Waals surface area contributed by atoms with Crippen LogP contribution in [-0.2, 0) is 6.42 Å². The van der Waals surface area contributed by atoms with Gasteiger partial charge in [-0.05, 0) is 24.1 Å². The Bertz CT molecular complexity index is 196. The zero-order valence-corrected chi connectivity index (χ0v) is 8.08. The molecule has 0 aromatic heterocycles. The van der Waals surface area contributed by atoms with Gasteiger partial charge in [-0.1, -0.05) is 31.9 Å². The maximum Gasteiger partial charge on any atom is 0.0440 e. The normalized spacial score (nSPS) is 8.55. The van der Waals surface area contributed by atoms with Gasteiger partial charge in [-0.2, -0.15) is 0 Å². The molecule has 0 radical (unpaired) electrons. The monoisotopic (exact) mass is 189 g/mol. The van der Waals surface area contributed by atoms with E-state index in [1.807, 2.05) is 12.1 Å². The van der Waals surface area contributed by atoms with Gasteiger partial charge in [0.2, 0.25) is 0 Å². The smallest absolute Gasteiger partial charge is 0.0440 e. The lowest BCUT2D eigenvalue weighted by molar-refractivity contribution is 1.14. The van der Waals surface area contributed by atoms with E-state index in [-0.39, 0.29) is 12.4 Å². The minimum Gasteiger partial charge on any atom is -0.332 e. The molecule has 0 saturated carbocycles. The number of thiol groups is 1. The van der Waals surface area contributed by atoms with Gasteiger partial charge < -0.3 is 4.72 Å². The predicted molar refractivity (Wildman–Crippen MR) is 55.7 cm³/mol. The largest absolute Gasteiger partial charge is 0.332 e. The van der Waals surface area contributed by atoms with Crippen molar-refractivity contribution in [3.63, 3.8) is 0 Å². The topological polar surface area (TPSA) is 12.0 Å². The molecule has 0 aliphatic carbocycles. The average Bonchev–Trinajstić information content (AvgIpc) is 2.05. The minimum absolute atomic E-state index is 0. The summed E-state index contributed by atoms with van der Waals surface area (Å²) in [7, 11) is 0. The van der Waals surface area contributed by atoms with E-state index in [2.05, 4.69) is 36.6 Å². The second-order valence-corrected chi connectivity index (χ2v) is 2.39. The molecule has 0 aliphatic heterocycles. The summed E-state index contributed by atoms with van der Waals surface area (Å²) in [5, 5.41) is 0. The summed E-state index contributed by atoms with van der Waals surface area (Å²) in [6.45, 7) is 2.14. The van der Waals surface area contributed by atoms with E-state index in [0.717, 1.165) is 12.1 Å². The Morgan fingerprint density at radius 2 is 2.18 bits per heavy atom. The standard InChI is InChI=1S/C8H11NS.ClH/c1-2-7-4-3-5-8(6-7)9-10;/h3-6,9-10H,2H2,1H3;1H. The Labute approximate surface area is 79.2 Å². The molecule has 62 valence electrons. The van der Waals surface area contributed by atoms with Crippen molar-refractivity contribution in [1.29, 1.82) is 0 Å². The highest BCUT2D eigenvalue weighted by Crippen LogP contribution is 2.10. The number of nitrogens with one attached hydrogen (secondary N) is 1. The van der Waals surface area contributed by atoms with Gasteiger partial charge in [-0.3, -0.25) is 0 Å². The summed E-state index contributed by atoms with van der Waals surface area (Å²) in [6.07, 6.45) is 1.07. The van der Waals surface area contributed by atoms with Gasteiger partial charge in [-0.25, -0.2) is 0 Å². The summed E-state index contributed by atoms with van der Waals surface area (Å²) in [6, 6.07) is 8.21. The zero-order chi connectivity index (χ0) is 7.40. The highest BCUT2D eigenvalue weighted by Gasteiger charge is 1.89. The number of benzene rings is 1. The van der Waals surface area contributed by atoms with Crippen LogP contribution in [0.5, 0.6) is 0 Å². The highest BCUT2D eigenvalue weighted by molar-refractivity contribution is 7.81. The molecule has 0 unspecified atom stereocenters. The Hall–Kier alpha value is -0.340. The Morgan fingerprint density at radius 1 is 1.45 bits per heavy atom. The molecule has 0 aliphatic rings. The Balaban J connectivity index is 0.000001000. The van der Waals surface area contributed by atoms with Crippen LogP contribution in [0.2, 0.25) is 0 Å². The molecule has 0 atom stereocenters. The van der Waals surface area contributed by atoms with Crippen LogP contribution in [0.3, 0.4) is 0 Å². The van der Waals surface area contributed by atoms with Gasteiger partial charge in [0.25, 0.3) is 0 Å². The fraction of sp³-hybridized carbons (Fsp3) is 0.250. The summed E-state index contributed by atoms with van der Waals surface area (Å²) >= 11 is 3.95. The van der Waals surface area contributed by atoms with E-state index < -0.39 is 0 Å². The first kappa shape index (κ1) is 10.7. The molecule has 0 saturated heterocycles. The van der Waals surface area contributed by atoms with Crippen LogP contribution in [0.25, 0.3) is 0 Å². The van der Waals surface area contributed by atoms with Crippen molar-refractivity contribution in [2.75, 3.05) is 4.72 Å². The molecule has 1 rings (SSSR count). The number of hydrogen-bond acceptors (Lipinski definition) is 2. The van der Waals surface area contributed by atoms with Crippen molar-refractivity contribution < 1.29 is 0 Å². The number of anilines is 1. The summed E-state index contributed by atoms with van der Waals surface area (Å²) < 4.78 is 2.80. The van der Waals surface area contributed by atoms with Crippen LogP contribution in [0.4, 0.5) is 5.69 Å². The third-order valence-corrected chi connectivity index (χ3v) is 1.72. The van der Waals surface area contributed by atoms with Crippen molar-refractivity contribution in [2.45, 2.75) is 13.3 Å². The molecule has 0 spiro atoms. The van der Waals surface area contributed by atoms with Crippen LogP contribution in [0.15, 0.2) is 24.3 Å². The lowest BCUT2D eigenvalue weighted by Crippen LogP contribution is -1.83. The van der Waals surface area contributed by atoms with Crippen molar-refractivity contribution in [3.8, 4) is 0 Å². The van der Waals surface area contributed by atoms with Crippen LogP contribution in [0.1, 0.15) is 12.5 Å². The Kier molecular flexibility index (Phi) is 5.16. The molecular weight excluding hydrogens is 178 g/mol. The second-order valence-electron chi connectivity index (χ2n) is 2.17. The number of aryl methyl sites for hydroxylation is 1. The van der Waals surface area contributed by atoms with Gasteiger partial charge >= 0.3 is 0 Å². The summed E-state index contributed by atoms with van der Waals surface area (Å²) in [5.41, 5.74) is 2.39. The van der Waals surface area contributed by atoms with E-state index in [1.165, 1.54) is 5.56 Å². The fourth-order valence-corrected chi connectivity index (χ4v) is 1.000. The van der Waals surface area contributed by atoms with Crippen molar-refractivity contribution in [2.24, 2.45) is 0 Å². The van der Waals surface area contributed by atoms with E-state index in [1.54, 1.807) is 0 Å². The number of rotatable bonds is 2. The summed E-state index contributed by atoms with van der Waals surface area (Å²) in [4.78, 5) is 0. The van der Waals surface area contributed by atoms with Crippen LogP contribution in [0, 0.1) is 0 Å². The first-order valence-electron chi connectivity index (χ1n) is 3.36. The van der Waals surface area contributed by atoms with Crippen LogP contribution >= 0.6 is 25.2 Å². The third-order valence-electron chi connectivity index (χ3n) is 1.46. The van der Waals surface area contributed by atoms with E-state index in [0.29, 0.717) is 0 Å². The van der Waals surface area contributed by atoms with Gasteiger partial charge in [0, 0.05) is 5.69 Å². The number of hydrogen-bond donors (Lipinski definition) is 2. The first-order chi connectivity index (χ1) is 4.86.